The van der Waals surface area contributed by atoms with Crippen LogP contribution in [0.15, 0.2) is 12.1 Å². The van der Waals surface area contributed by atoms with Gasteiger partial charge >= 0.3 is 6.09 Å². The number of ether oxygens (including phenoxy) is 2. The van der Waals surface area contributed by atoms with E-state index in [1.165, 1.54) is 33.2 Å². The summed E-state index contributed by atoms with van der Waals surface area (Å²) in [5, 5.41) is 19.5. The molecule has 0 saturated carbocycles. The van der Waals surface area contributed by atoms with Gasteiger partial charge in [0.05, 0.1) is 7.11 Å². The molecule has 1 amide bonds. The lowest BCUT2D eigenvalue weighted by Gasteiger charge is -2.36. The summed E-state index contributed by atoms with van der Waals surface area (Å²) in [5.74, 6) is -0.903. The maximum atomic E-state index is 12.2. The molecule has 1 atom stereocenters. The van der Waals surface area contributed by atoms with Gasteiger partial charge < -0.3 is 24.5 Å². The molecule has 0 aromatic heterocycles. The monoisotopic (exact) mass is 325 g/mol. The molecule has 1 rings (SSSR count). The third kappa shape index (κ3) is 3.85. The fourth-order valence-electron chi connectivity index (χ4n) is 1.90. The maximum absolute atomic E-state index is 12.2. The van der Waals surface area contributed by atoms with Crippen LogP contribution >= 0.6 is 0 Å². The van der Waals surface area contributed by atoms with Gasteiger partial charge in [0.2, 0.25) is 5.75 Å². The van der Waals surface area contributed by atoms with Crippen molar-refractivity contribution in [1.29, 1.82) is 0 Å². The van der Waals surface area contributed by atoms with Crippen LogP contribution in [-0.2, 0) is 15.1 Å². The Labute approximate surface area is 135 Å². The van der Waals surface area contributed by atoms with E-state index in [0.717, 1.165) is 4.90 Å². The van der Waals surface area contributed by atoms with E-state index in [9.17, 15) is 19.8 Å². The van der Waals surface area contributed by atoms with Crippen molar-refractivity contribution >= 4 is 12.4 Å². The van der Waals surface area contributed by atoms with Crippen molar-refractivity contribution in [2.45, 2.75) is 38.8 Å². The smallest absolute Gasteiger partial charge is 0.411 e. The predicted molar refractivity (Wildman–Crippen MR) is 83.7 cm³/mol. The standard InChI is InChI=1S/C16H23NO6/c1-15(2,3)23-14(21)17(5)16(4,9-18)10-7-11(19)13(20)12(8-10)22-6/h7-9,19-20H,1-6H3. The third-order valence-corrected chi connectivity index (χ3v) is 3.45. The van der Waals surface area contributed by atoms with Crippen molar-refractivity contribution in [2.75, 3.05) is 14.2 Å². The Morgan fingerprint density at radius 1 is 1.22 bits per heavy atom. The molecule has 1 aromatic carbocycles. The molecule has 1 aromatic rings. The number of likely N-dealkylation sites (N-methyl/N-ethyl adjacent to an activating group) is 1. The fourth-order valence-corrected chi connectivity index (χ4v) is 1.90. The molecule has 0 heterocycles. The number of phenols is 2. The largest absolute Gasteiger partial charge is 0.504 e. The van der Waals surface area contributed by atoms with Crippen molar-refractivity contribution in [3.63, 3.8) is 0 Å². The summed E-state index contributed by atoms with van der Waals surface area (Å²) in [6.45, 7) is 6.64. The number of aldehydes is 1. The van der Waals surface area contributed by atoms with Crippen molar-refractivity contribution in [3.05, 3.63) is 17.7 Å². The minimum absolute atomic E-state index is 0.00864. The van der Waals surface area contributed by atoms with Crippen LogP contribution < -0.4 is 4.74 Å². The van der Waals surface area contributed by atoms with Crippen LogP contribution in [0.5, 0.6) is 17.2 Å². The topological polar surface area (TPSA) is 96.3 Å². The number of phenolic OH excluding ortho intramolecular Hbond substituents is 2. The third-order valence-electron chi connectivity index (χ3n) is 3.45. The molecule has 0 spiro atoms. The van der Waals surface area contributed by atoms with Crippen molar-refractivity contribution in [1.82, 2.24) is 4.90 Å². The Hall–Kier alpha value is -2.44. The molecule has 2 N–H and O–H groups in total. The first-order valence-electron chi connectivity index (χ1n) is 7.00. The van der Waals surface area contributed by atoms with Gasteiger partial charge in [0, 0.05) is 7.05 Å². The van der Waals surface area contributed by atoms with Gasteiger partial charge in [-0.3, -0.25) is 4.90 Å². The quantitative estimate of drug-likeness (QED) is 0.652. The van der Waals surface area contributed by atoms with Gasteiger partial charge in [-0.1, -0.05) is 0 Å². The highest BCUT2D eigenvalue weighted by Crippen LogP contribution is 2.40. The molecular formula is C16H23NO6. The maximum Gasteiger partial charge on any atom is 0.411 e. The highest BCUT2D eigenvalue weighted by atomic mass is 16.6. The second-order valence-corrected chi connectivity index (χ2v) is 6.35. The zero-order valence-electron chi connectivity index (χ0n) is 14.2. The number of hydrogen-bond donors (Lipinski definition) is 2. The molecule has 128 valence electrons. The number of benzene rings is 1. The summed E-state index contributed by atoms with van der Waals surface area (Å²) >= 11 is 0. The Balaban J connectivity index is 3.31. The molecule has 0 aliphatic carbocycles. The van der Waals surface area contributed by atoms with Crippen LogP contribution in [0.2, 0.25) is 0 Å². The van der Waals surface area contributed by atoms with Gasteiger partial charge in [-0.25, -0.2) is 4.79 Å². The minimum Gasteiger partial charge on any atom is -0.504 e. The van der Waals surface area contributed by atoms with Gasteiger partial charge in [-0.15, -0.1) is 0 Å². The number of nitrogens with zero attached hydrogens (tertiary/aromatic N) is 1. The van der Waals surface area contributed by atoms with Crippen molar-refractivity contribution < 1.29 is 29.3 Å². The van der Waals surface area contributed by atoms with Crippen LogP contribution in [0.1, 0.15) is 33.3 Å². The zero-order valence-corrected chi connectivity index (χ0v) is 14.2. The summed E-state index contributed by atoms with van der Waals surface area (Å²) in [4.78, 5) is 25.1. The first kappa shape index (κ1) is 18.6. The van der Waals surface area contributed by atoms with Gasteiger partial charge in [0.25, 0.3) is 0 Å². The summed E-state index contributed by atoms with van der Waals surface area (Å²) in [5.41, 5.74) is -1.86. The lowest BCUT2D eigenvalue weighted by molar-refractivity contribution is -0.117. The number of carbonyl (C=O) groups excluding carboxylic acids is 2. The van der Waals surface area contributed by atoms with Crippen LogP contribution in [0.3, 0.4) is 0 Å². The van der Waals surface area contributed by atoms with E-state index in [2.05, 4.69) is 0 Å². The first-order chi connectivity index (χ1) is 10.5. The molecule has 23 heavy (non-hydrogen) atoms. The number of hydrogen-bond acceptors (Lipinski definition) is 6. The molecule has 0 bridgehead atoms. The average Bonchev–Trinajstić information content (AvgIpc) is 2.46. The second-order valence-electron chi connectivity index (χ2n) is 6.35. The van der Waals surface area contributed by atoms with Crippen molar-refractivity contribution in [3.8, 4) is 17.2 Å². The summed E-state index contributed by atoms with van der Waals surface area (Å²) in [7, 11) is 2.73. The Morgan fingerprint density at radius 2 is 1.78 bits per heavy atom. The highest BCUT2D eigenvalue weighted by Gasteiger charge is 2.38. The van der Waals surface area contributed by atoms with E-state index in [1.807, 2.05) is 0 Å². The molecule has 0 aliphatic rings. The van der Waals surface area contributed by atoms with Crippen LogP contribution in [-0.4, -0.2) is 47.3 Å². The molecule has 7 nitrogen and oxygen atoms in total. The van der Waals surface area contributed by atoms with Crippen LogP contribution in [0.25, 0.3) is 0 Å². The van der Waals surface area contributed by atoms with Crippen molar-refractivity contribution in [2.24, 2.45) is 0 Å². The Bertz CT molecular complexity index is 607. The van der Waals surface area contributed by atoms with E-state index in [0.29, 0.717) is 6.29 Å². The van der Waals surface area contributed by atoms with Crippen LogP contribution in [0, 0.1) is 0 Å². The number of rotatable bonds is 4. The summed E-state index contributed by atoms with van der Waals surface area (Å²) in [6.07, 6.45) is -0.138. The Morgan fingerprint density at radius 3 is 2.22 bits per heavy atom. The summed E-state index contributed by atoms with van der Waals surface area (Å²) in [6, 6.07) is 2.58. The fraction of sp³-hybridized carbons (Fsp3) is 0.500. The number of carbonyl (C=O) groups is 2. The molecule has 7 heteroatoms. The molecule has 0 fully saturated rings. The van der Waals surface area contributed by atoms with E-state index in [1.54, 1.807) is 20.8 Å². The zero-order chi connectivity index (χ0) is 18.0. The normalized spacial score (nSPS) is 13.8. The average molecular weight is 325 g/mol. The van der Waals surface area contributed by atoms with E-state index < -0.39 is 28.7 Å². The van der Waals surface area contributed by atoms with E-state index in [-0.39, 0.29) is 11.3 Å². The van der Waals surface area contributed by atoms with E-state index >= 15 is 0 Å². The molecule has 0 saturated heterocycles. The SMILES string of the molecule is COc1cc(C(C)(C=O)N(C)C(=O)OC(C)(C)C)cc(O)c1O. The van der Waals surface area contributed by atoms with Gasteiger partial charge in [-0.05, 0) is 45.4 Å². The number of aromatic hydroxyl groups is 2. The predicted octanol–water partition coefficient (Wildman–Crippen LogP) is 2.39. The Kier molecular flexibility index (Phi) is 5.14. The summed E-state index contributed by atoms with van der Waals surface area (Å²) < 4.78 is 10.2. The van der Waals surface area contributed by atoms with Gasteiger partial charge in [0.1, 0.15) is 17.4 Å². The van der Waals surface area contributed by atoms with Crippen LogP contribution in [0.4, 0.5) is 4.79 Å². The van der Waals surface area contributed by atoms with E-state index in [4.69, 9.17) is 9.47 Å². The lowest BCUT2D eigenvalue weighted by atomic mass is 9.91. The first-order valence-corrected chi connectivity index (χ1v) is 7.00. The molecule has 1 unspecified atom stereocenters. The molecule has 0 aliphatic heterocycles. The molecule has 0 radical (unpaired) electrons. The molecular weight excluding hydrogens is 302 g/mol. The van der Waals surface area contributed by atoms with Gasteiger partial charge in [-0.2, -0.15) is 0 Å². The number of methoxy groups -OCH3 is 1. The highest BCUT2D eigenvalue weighted by molar-refractivity contribution is 5.78. The second kappa shape index (κ2) is 6.36. The lowest BCUT2D eigenvalue weighted by Crippen LogP contribution is -2.48. The minimum atomic E-state index is -1.42. The number of amides is 1. The van der Waals surface area contributed by atoms with Gasteiger partial charge in [0.15, 0.2) is 11.5 Å².